The number of carbonyl (C=O) groups is 2. The summed E-state index contributed by atoms with van der Waals surface area (Å²) in [5, 5.41) is 12.0. The first kappa shape index (κ1) is 26.7. The molecule has 1 saturated heterocycles. The Kier molecular flexibility index (Phi) is 8.97. The zero-order valence-electron chi connectivity index (χ0n) is 21.6. The molecule has 0 saturated carbocycles. The number of nitrogens with one attached hydrogen (secondary N) is 1. The van der Waals surface area contributed by atoms with E-state index in [-0.39, 0.29) is 29.7 Å². The Morgan fingerprint density at radius 1 is 1.13 bits per heavy atom. The molecule has 2 heterocycles. The fourth-order valence-corrected chi connectivity index (χ4v) is 4.34. The monoisotopic (exact) mass is 520 g/mol. The number of aromatic nitrogens is 2. The number of carbonyl (C=O) groups excluding carboxylic acids is 1. The highest BCUT2D eigenvalue weighted by molar-refractivity contribution is 5.91. The normalized spacial score (nSPS) is 15.0. The van der Waals surface area contributed by atoms with Gasteiger partial charge in [-0.15, -0.1) is 0 Å². The third-order valence-corrected chi connectivity index (χ3v) is 6.17. The quantitative estimate of drug-likeness (QED) is 0.383. The van der Waals surface area contributed by atoms with Crippen LogP contribution in [0, 0.1) is 0 Å². The molecule has 2 aromatic carbocycles. The van der Waals surface area contributed by atoms with Crippen LogP contribution in [0.15, 0.2) is 54.9 Å². The molecule has 1 unspecified atom stereocenters. The van der Waals surface area contributed by atoms with E-state index in [9.17, 15) is 14.7 Å². The number of methoxy groups -OCH3 is 1. The Hall–Kier alpha value is -4.34. The van der Waals surface area contributed by atoms with Gasteiger partial charge in [-0.2, -0.15) is 0 Å². The molecule has 0 aliphatic carbocycles. The molecule has 1 aliphatic heterocycles. The zero-order chi connectivity index (χ0) is 26.9. The topological polar surface area (TPSA) is 123 Å². The summed E-state index contributed by atoms with van der Waals surface area (Å²) in [6.45, 7) is 3.96. The smallest absolute Gasteiger partial charge is 0.339 e. The summed E-state index contributed by atoms with van der Waals surface area (Å²) in [6.07, 6.45) is 5.63. The number of rotatable bonds is 11. The lowest BCUT2D eigenvalue weighted by molar-refractivity contribution is -0.116. The first-order chi connectivity index (χ1) is 18.5. The summed E-state index contributed by atoms with van der Waals surface area (Å²) in [6, 6.07) is 12.5. The van der Waals surface area contributed by atoms with Crippen molar-refractivity contribution >= 4 is 23.5 Å². The van der Waals surface area contributed by atoms with E-state index in [0.717, 1.165) is 36.4 Å². The molecule has 10 nitrogen and oxygen atoms in total. The van der Waals surface area contributed by atoms with Gasteiger partial charge in [0.1, 0.15) is 23.2 Å². The maximum Gasteiger partial charge on any atom is 0.339 e. The molecular weight excluding hydrogens is 488 g/mol. The minimum atomic E-state index is -1.06. The van der Waals surface area contributed by atoms with E-state index in [4.69, 9.17) is 14.2 Å². The molecule has 1 amide bonds. The van der Waals surface area contributed by atoms with Gasteiger partial charge >= 0.3 is 5.97 Å². The van der Waals surface area contributed by atoms with E-state index < -0.39 is 5.97 Å². The van der Waals surface area contributed by atoms with Crippen molar-refractivity contribution in [2.24, 2.45) is 0 Å². The molecule has 3 aromatic rings. The summed E-state index contributed by atoms with van der Waals surface area (Å²) < 4.78 is 17.1. The highest BCUT2D eigenvalue weighted by Crippen LogP contribution is 2.30. The maximum atomic E-state index is 12.6. The van der Waals surface area contributed by atoms with Crippen LogP contribution in [0.2, 0.25) is 0 Å². The van der Waals surface area contributed by atoms with Crippen LogP contribution in [0.1, 0.15) is 42.1 Å². The van der Waals surface area contributed by atoms with Gasteiger partial charge in [-0.25, -0.2) is 9.78 Å². The summed E-state index contributed by atoms with van der Waals surface area (Å²) in [5.74, 6) is 1.48. The number of carboxylic acid groups (broad SMARTS) is 1. The van der Waals surface area contributed by atoms with Gasteiger partial charge in [-0.1, -0.05) is 18.2 Å². The molecule has 0 radical (unpaired) electrons. The Labute approximate surface area is 221 Å². The van der Waals surface area contributed by atoms with Crippen molar-refractivity contribution in [2.75, 3.05) is 37.0 Å². The van der Waals surface area contributed by atoms with Crippen molar-refractivity contribution in [3.8, 4) is 17.2 Å². The standard InChI is InChI=1S/C28H32N4O6/c1-3-37-22-8-4-5-9-23(22)38-20-7-6-14-32(18-20)26-17-29-16-25(30-26)31-27(33)13-11-19-10-12-21(28(34)35)24(15-19)36-2/h4-5,8-10,12,15-17,20H,3,6-7,11,13-14,18H2,1-2H3,(H,34,35)(H,30,31,33). The summed E-state index contributed by atoms with van der Waals surface area (Å²) in [4.78, 5) is 34.8. The highest BCUT2D eigenvalue weighted by Gasteiger charge is 2.24. The van der Waals surface area contributed by atoms with Crippen LogP contribution in [0.25, 0.3) is 0 Å². The van der Waals surface area contributed by atoms with Crippen LogP contribution in [0.3, 0.4) is 0 Å². The molecule has 200 valence electrons. The van der Waals surface area contributed by atoms with Gasteiger partial charge in [0.2, 0.25) is 5.91 Å². The number of nitrogens with zero attached hydrogens (tertiary/aromatic N) is 3. The zero-order valence-corrected chi connectivity index (χ0v) is 21.6. The van der Waals surface area contributed by atoms with Gasteiger partial charge in [0.05, 0.1) is 32.7 Å². The van der Waals surface area contributed by atoms with Crippen molar-refractivity contribution in [3.63, 3.8) is 0 Å². The summed E-state index contributed by atoms with van der Waals surface area (Å²) in [5.41, 5.74) is 0.878. The number of hydrogen-bond donors (Lipinski definition) is 2. The van der Waals surface area contributed by atoms with Gasteiger partial charge in [-0.3, -0.25) is 9.78 Å². The number of benzene rings is 2. The highest BCUT2D eigenvalue weighted by atomic mass is 16.5. The number of piperidine rings is 1. The van der Waals surface area contributed by atoms with Crippen LogP contribution >= 0.6 is 0 Å². The third kappa shape index (κ3) is 6.90. The van der Waals surface area contributed by atoms with Gasteiger partial charge in [0.25, 0.3) is 0 Å². The van der Waals surface area contributed by atoms with Gasteiger partial charge in [-0.05, 0) is 56.0 Å². The van der Waals surface area contributed by atoms with E-state index in [1.54, 1.807) is 18.3 Å². The van der Waals surface area contributed by atoms with Crippen molar-refractivity contribution in [1.29, 1.82) is 0 Å². The fourth-order valence-electron chi connectivity index (χ4n) is 4.34. The molecule has 38 heavy (non-hydrogen) atoms. The summed E-state index contributed by atoms with van der Waals surface area (Å²) >= 11 is 0. The molecule has 1 aromatic heterocycles. The van der Waals surface area contributed by atoms with Crippen molar-refractivity contribution in [1.82, 2.24) is 9.97 Å². The molecule has 0 bridgehead atoms. The molecular formula is C28H32N4O6. The van der Waals surface area contributed by atoms with Crippen LogP contribution < -0.4 is 24.4 Å². The maximum absolute atomic E-state index is 12.6. The minimum Gasteiger partial charge on any atom is -0.496 e. The molecule has 2 N–H and O–H groups in total. The third-order valence-electron chi connectivity index (χ3n) is 6.17. The first-order valence-electron chi connectivity index (χ1n) is 12.6. The molecule has 4 rings (SSSR count). The molecule has 1 fully saturated rings. The largest absolute Gasteiger partial charge is 0.496 e. The molecule has 10 heteroatoms. The van der Waals surface area contributed by atoms with Crippen molar-refractivity contribution < 1.29 is 28.9 Å². The number of para-hydroxylation sites is 2. The van der Waals surface area contributed by atoms with Crippen molar-refractivity contribution in [3.05, 3.63) is 66.0 Å². The predicted molar refractivity (Wildman–Crippen MR) is 142 cm³/mol. The number of aryl methyl sites for hydroxylation is 1. The predicted octanol–water partition coefficient (Wildman–Crippen LogP) is 4.20. The SMILES string of the molecule is CCOc1ccccc1OC1CCCN(c2cncc(NC(=O)CCc3ccc(C(=O)O)c(OC)c3)n2)C1. The van der Waals surface area contributed by atoms with E-state index in [1.165, 1.54) is 19.4 Å². The van der Waals surface area contributed by atoms with Gasteiger partial charge < -0.3 is 29.5 Å². The minimum absolute atomic E-state index is 0.0325. The Morgan fingerprint density at radius 3 is 2.71 bits per heavy atom. The van der Waals surface area contributed by atoms with Crippen LogP contribution in [0.4, 0.5) is 11.6 Å². The second kappa shape index (κ2) is 12.8. The van der Waals surface area contributed by atoms with E-state index in [0.29, 0.717) is 31.2 Å². The Morgan fingerprint density at radius 2 is 1.95 bits per heavy atom. The number of aromatic carboxylic acids is 1. The molecule has 1 aliphatic rings. The lowest BCUT2D eigenvalue weighted by Crippen LogP contribution is -2.41. The van der Waals surface area contributed by atoms with Gasteiger partial charge in [0.15, 0.2) is 17.3 Å². The van der Waals surface area contributed by atoms with E-state index >= 15 is 0 Å². The first-order valence-corrected chi connectivity index (χ1v) is 12.6. The Bertz CT molecular complexity index is 1270. The van der Waals surface area contributed by atoms with Crippen LogP contribution in [-0.4, -0.2) is 59.9 Å². The van der Waals surface area contributed by atoms with E-state index in [2.05, 4.69) is 20.2 Å². The lowest BCUT2D eigenvalue weighted by Gasteiger charge is -2.33. The average molecular weight is 521 g/mol. The summed E-state index contributed by atoms with van der Waals surface area (Å²) in [7, 11) is 1.42. The molecule has 0 spiro atoms. The average Bonchev–Trinajstić information content (AvgIpc) is 2.93. The number of anilines is 2. The Balaban J connectivity index is 1.34. The van der Waals surface area contributed by atoms with Crippen molar-refractivity contribution in [2.45, 2.75) is 38.7 Å². The van der Waals surface area contributed by atoms with Crippen LogP contribution in [-0.2, 0) is 11.2 Å². The molecule has 1 atom stereocenters. The second-order valence-electron chi connectivity index (χ2n) is 8.86. The number of amides is 1. The lowest BCUT2D eigenvalue weighted by atomic mass is 10.1. The van der Waals surface area contributed by atoms with Gasteiger partial charge in [0, 0.05) is 13.0 Å². The number of hydrogen-bond acceptors (Lipinski definition) is 8. The van der Waals surface area contributed by atoms with Crippen LogP contribution in [0.5, 0.6) is 17.2 Å². The second-order valence-corrected chi connectivity index (χ2v) is 8.86. The number of carboxylic acids is 1. The number of ether oxygens (including phenoxy) is 3. The van der Waals surface area contributed by atoms with E-state index in [1.807, 2.05) is 31.2 Å². The fraction of sp³-hybridized carbons (Fsp3) is 0.357.